The second-order valence-corrected chi connectivity index (χ2v) is 6.28. The molecule has 0 atom stereocenters. The number of aromatic nitrogens is 6. The highest BCUT2D eigenvalue weighted by atomic mass is 35.5. The number of nitrogens with one attached hydrogen (secondary N) is 2. The Balaban J connectivity index is 1.74. The Bertz CT molecular complexity index is 987. The minimum absolute atomic E-state index is 0.0871. The summed E-state index contributed by atoms with van der Waals surface area (Å²) in [6, 6.07) is 0. The van der Waals surface area contributed by atoms with Gasteiger partial charge in [-0.05, 0) is 6.92 Å². The van der Waals surface area contributed by atoms with Crippen molar-refractivity contribution in [3.63, 3.8) is 0 Å². The minimum atomic E-state index is -0.512. The van der Waals surface area contributed by atoms with Crippen molar-refractivity contribution in [1.29, 1.82) is 0 Å². The van der Waals surface area contributed by atoms with Crippen LogP contribution in [0.1, 0.15) is 33.5 Å². The normalized spacial score (nSPS) is 10.8. The van der Waals surface area contributed by atoms with Crippen molar-refractivity contribution in [1.82, 2.24) is 34.7 Å². The van der Waals surface area contributed by atoms with Crippen LogP contribution >= 0.6 is 11.6 Å². The van der Waals surface area contributed by atoms with Crippen LogP contribution in [0, 0.1) is 0 Å². The molecule has 0 saturated heterocycles. The predicted molar refractivity (Wildman–Crippen MR) is 98.5 cm³/mol. The van der Waals surface area contributed by atoms with E-state index in [1.165, 1.54) is 10.9 Å². The van der Waals surface area contributed by atoms with E-state index < -0.39 is 5.91 Å². The van der Waals surface area contributed by atoms with Gasteiger partial charge < -0.3 is 10.6 Å². The lowest BCUT2D eigenvalue weighted by Crippen LogP contribution is -2.26. The van der Waals surface area contributed by atoms with Crippen molar-refractivity contribution in [3.8, 4) is 0 Å². The molecule has 0 aliphatic carbocycles. The SMILES string of the molecule is CCn1cc(Cl)c(C(=O)Nc2cnn(C)c2C(=O)NCc2cnn(C)c2)n1. The van der Waals surface area contributed by atoms with Gasteiger partial charge in [-0.2, -0.15) is 15.3 Å². The quantitative estimate of drug-likeness (QED) is 0.657. The van der Waals surface area contributed by atoms with Crippen LogP contribution in [0.2, 0.25) is 5.02 Å². The first-order valence-electron chi connectivity index (χ1n) is 8.21. The molecule has 2 N–H and O–H groups in total. The third kappa shape index (κ3) is 4.00. The number of anilines is 1. The summed E-state index contributed by atoms with van der Waals surface area (Å²) in [6.45, 7) is 2.77. The Morgan fingerprint density at radius 1 is 1.15 bits per heavy atom. The van der Waals surface area contributed by atoms with Gasteiger partial charge in [0.15, 0.2) is 5.69 Å². The molecule has 0 unspecified atom stereocenters. The Labute approximate surface area is 160 Å². The van der Waals surface area contributed by atoms with E-state index in [-0.39, 0.29) is 28.0 Å². The van der Waals surface area contributed by atoms with E-state index in [2.05, 4.69) is 25.9 Å². The van der Waals surface area contributed by atoms with Crippen LogP contribution in [0.25, 0.3) is 0 Å². The number of halogens is 1. The fraction of sp³-hybridized carbons (Fsp3) is 0.312. The summed E-state index contributed by atoms with van der Waals surface area (Å²) in [6.07, 6.45) is 6.44. The van der Waals surface area contributed by atoms with E-state index in [1.54, 1.807) is 42.0 Å². The molecule has 3 rings (SSSR count). The number of nitrogens with zero attached hydrogens (tertiary/aromatic N) is 6. The molecule has 0 aromatic carbocycles. The van der Waals surface area contributed by atoms with Crippen molar-refractivity contribution < 1.29 is 9.59 Å². The molecule has 0 aliphatic heterocycles. The third-order valence-corrected chi connectivity index (χ3v) is 4.15. The maximum absolute atomic E-state index is 12.6. The van der Waals surface area contributed by atoms with Gasteiger partial charge in [0, 0.05) is 45.1 Å². The summed E-state index contributed by atoms with van der Waals surface area (Å²) in [5.74, 6) is -0.888. The molecule has 2 amide bonds. The molecular formula is C16H19ClN8O2. The lowest BCUT2D eigenvalue weighted by Gasteiger charge is -2.08. The van der Waals surface area contributed by atoms with E-state index in [9.17, 15) is 9.59 Å². The summed E-state index contributed by atoms with van der Waals surface area (Å²) in [5, 5.41) is 17.9. The van der Waals surface area contributed by atoms with Crippen molar-refractivity contribution in [2.24, 2.45) is 14.1 Å². The molecule has 3 aromatic heterocycles. The average Bonchev–Trinajstić information content (AvgIpc) is 3.32. The molecule has 10 nitrogen and oxygen atoms in total. The summed E-state index contributed by atoms with van der Waals surface area (Å²) in [7, 11) is 3.42. The van der Waals surface area contributed by atoms with Gasteiger partial charge in [0.1, 0.15) is 5.69 Å². The monoisotopic (exact) mass is 390 g/mol. The molecule has 0 spiro atoms. The third-order valence-electron chi connectivity index (χ3n) is 3.87. The second kappa shape index (κ2) is 7.62. The molecule has 0 aliphatic rings. The number of carbonyl (C=O) groups excluding carboxylic acids is 2. The summed E-state index contributed by atoms with van der Waals surface area (Å²) in [4.78, 5) is 25.0. The fourth-order valence-corrected chi connectivity index (χ4v) is 2.76. The topological polar surface area (TPSA) is 112 Å². The van der Waals surface area contributed by atoms with Gasteiger partial charge >= 0.3 is 0 Å². The zero-order valence-electron chi connectivity index (χ0n) is 15.1. The van der Waals surface area contributed by atoms with E-state index in [4.69, 9.17) is 11.6 Å². The number of rotatable bonds is 6. The standard InChI is InChI=1S/C16H19ClN8O2/c1-4-25-9-11(17)13(22-25)15(26)21-12-7-20-24(3)14(12)16(27)18-5-10-6-19-23(2)8-10/h6-9H,4-5H2,1-3H3,(H,18,27)(H,21,26). The van der Waals surface area contributed by atoms with Gasteiger partial charge in [-0.1, -0.05) is 11.6 Å². The zero-order valence-corrected chi connectivity index (χ0v) is 15.9. The van der Waals surface area contributed by atoms with Crippen molar-refractivity contribution in [2.75, 3.05) is 5.32 Å². The first-order chi connectivity index (χ1) is 12.9. The summed E-state index contributed by atoms with van der Waals surface area (Å²) in [5.41, 5.74) is 1.44. The number of hydrogen-bond donors (Lipinski definition) is 2. The van der Waals surface area contributed by atoms with Crippen LogP contribution in [0.15, 0.2) is 24.8 Å². The van der Waals surface area contributed by atoms with E-state index >= 15 is 0 Å². The molecule has 0 radical (unpaired) electrons. The fourth-order valence-electron chi connectivity index (χ4n) is 2.52. The Morgan fingerprint density at radius 3 is 2.56 bits per heavy atom. The van der Waals surface area contributed by atoms with Gasteiger partial charge in [-0.25, -0.2) is 0 Å². The van der Waals surface area contributed by atoms with Gasteiger partial charge in [-0.3, -0.25) is 23.6 Å². The smallest absolute Gasteiger partial charge is 0.277 e. The summed E-state index contributed by atoms with van der Waals surface area (Å²) >= 11 is 6.06. The maximum atomic E-state index is 12.6. The lowest BCUT2D eigenvalue weighted by molar-refractivity contribution is 0.0942. The number of carbonyl (C=O) groups is 2. The van der Waals surface area contributed by atoms with Crippen LogP contribution in [-0.2, 0) is 27.2 Å². The highest BCUT2D eigenvalue weighted by Gasteiger charge is 2.22. The zero-order chi connectivity index (χ0) is 19.6. The first kappa shape index (κ1) is 18.6. The van der Waals surface area contributed by atoms with Crippen molar-refractivity contribution in [3.05, 3.63) is 46.8 Å². The van der Waals surface area contributed by atoms with Crippen molar-refractivity contribution in [2.45, 2.75) is 20.0 Å². The predicted octanol–water partition coefficient (Wildman–Crippen LogP) is 1.21. The summed E-state index contributed by atoms with van der Waals surface area (Å²) < 4.78 is 4.60. The molecule has 142 valence electrons. The highest BCUT2D eigenvalue weighted by Crippen LogP contribution is 2.19. The Hall–Kier alpha value is -3.14. The van der Waals surface area contributed by atoms with E-state index in [0.717, 1.165) is 5.56 Å². The Morgan fingerprint density at radius 2 is 1.93 bits per heavy atom. The molecule has 3 aromatic rings. The first-order valence-corrected chi connectivity index (χ1v) is 8.58. The van der Waals surface area contributed by atoms with Gasteiger partial charge in [0.25, 0.3) is 11.8 Å². The molecule has 0 bridgehead atoms. The number of hydrogen-bond acceptors (Lipinski definition) is 5. The number of aryl methyl sites for hydroxylation is 3. The van der Waals surface area contributed by atoms with Crippen LogP contribution in [0.5, 0.6) is 0 Å². The molecular weight excluding hydrogens is 372 g/mol. The van der Waals surface area contributed by atoms with Gasteiger partial charge in [0.2, 0.25) is 0 Å². The molecule has 3 heterocycles. The van der Waals surface area contributed by atoms with Crippen LogP contribution in [0.3, 0.4) is 0 Å². The van der Waals surface area contributed by atoms with E-state index in [0.29, 0.717) is 13.1 Å². The molecule has 11 heteroatoms. The van der Waals surface area contributed by atoms with E-state index in [1.807, 2.05) is 6.92 Å². The van der Waals surface area contributed by atoms with Crippen LogP contribution in [0.4, 0.5) is 5.69 Å². The van der Waals surface area contributed by atoms with Crippen LogP contribution in [-0.4, -0.2) is 41.2 Å². The van der Waals surface area contributed by atoms with Crippen LogP contribution < -0.4 is 10.6 Å². The number of amides is 2. The lowest BCUT2D eigenvalue weighted by atomic mass is 10.3. The molecule has 27 heavy (non-hydrogen) atoms. The Kier molecular flexibility index (Phi) is 5.26. The maximum Gasteiger partial charge on any atom is 0.277 e. The second-order valence-electron chi connectivity index (χ2n) is 5.87. The minimum Gasteiger partial charge on any atom is -0.346 e. The molecule has 0 saturated carbocycles. The largest absolute Gasteiger partial charge is 0.346 e. The highest BCUT2D eigenvalue weighted by molar-refractivity contribution is 6.34. The molecule has 0 fully saturated rings. The van der Waals surface area contributed by atoms with Gasteiger partial charge in [-0.15, -0.1) is 0 Å². The van der Waals surface area contributed by atoms with Gasteiger partial charge in [0.05, 0.1) is 23.1 Å². The average molecular weight is 391 g/mol. The van der Waals surface area contributed by atoms with Crippen molar-refractivity contribution >= 4 is 29.1 Å².